The van der Waals surface area contributed by atoms with Crippen LogP contribution in [0.1, 0.15) is 46.7 Å². The second-order valence-corrected chi connectivity index (χ2v) is 8.12. The number of ether oxygens (including phenoxy) is 1. The number of pyridine rings is 1. The molecule has 0 unspecified atom stereocenters. The highest BCUT2D eigenvalue weighted by atomic mass is 16.5. The van der Waals surface area contributed by atoms with E-state index in [1.54, 1.807) is 29.1 Å². The number of anilines is 1. The predicted molar refractivity (Wildman–Crippen MR) is 123 cm³/mol. The Morgan fingerprint density at radius 3 is 2.82 bits per heavy atom. The Kier molecular flexibility index (Phi) is 5.51. The molecule has 3 aromatic heterocycles. The summed E-state index contributed by atoms with van der Waals surface area (Å²) in [7, 11) is 1.47. The number of aryl methyl sites for hydroxylation is 1. The zero-order chi connectivity index (χ0) is 23.7. The van der Waals surface area contributed by atoms with Crippen molar-refractivity contribution in [1.29, 1.82) is 5.26 Å². The van der Waals surface area contributed by atoms with Crippen LogP contribution >= 0.6 is 0 Å². The number of nitrogens with zero attached hydrogens (tertiary/aromatic N) is 7. The predicted octanol–water partition coefficient (Wildman–Crippen LogP) is 3.22. The van der Waals surface area contributed by atoms with Crippen LogP contribution in [-0.2, 0) is 13.0 Å². The van der Waals surface area contributed by atoms with Crippen molar-refractivity contribution in [1.82, 2.24) is 29.5 Å². The lowest BCUT2D eigenvalue weighted by molar-refractivity contribution is 0.102. The standard InChI is InChI=1S/C24H22N8O2/c1-15-6-11-21-28-29-22(32(15)21)19-4-3-5-20(26-19)27-23(33)18-14-31(30-24(18)34-2)13-17-9-7-16(12-25)8-10-17/h3-5,7-10,14-15H,6,11,13H2,1-2H3,(H,26,27,33)/t15-/m0/s1. The fourth-order valence-corrected chi connectivity index (χ4v) is 4.07. The molecule has 0 saturated heterocycles. The number of rotatable bonds is 6. The first-order chi connectivity index (χ1) is 16.6. The smallest absolute Gasteiger partial charge is 0.263 e. The average molecular weight is 454 g/mol. The maximum Gasteiger partial charge on any atom is 0.263 e. The van der Waals surface area contributed by atoms with Crippen LogP contribution in [0.3, 0.4) is 0 Å². The Hall–Kier alpha value is -4.52. The lowest BCUT2D eigenvalue weighted by atomic mass is 10.1. The summed E-state index contributed by atoms with van der Waals surface area (Å²) in [6.07, 6.45) is 3.56. The molecule has 1 atom stereocenters. The number of fused-ring (bicyclic) bond motifs is 1. The molecule has 0 saturated carbocycles. The lowest BCUT2D eigenvalue weighted by Crippen LogP contribution is -2.14. The maximum absolute atomic E-state index is 13.0. The third-order valence-corrected chi connectivity index (χ3v) is 5.81. The van der Waals surface area contributed by atoms with Crippen LogP contribution in [0.4, 0.5) is 5.82 Å². The van der Waals surface area contributed by atoms with Crippen molar-refractivity contribution < 1.29 is 9.53 Å². The van der Waals surface area contributed by atoms with Crippen molar-refractivity contribution in [3.05, 3.63) is 71.2 Å². The Morgan fingerprint density at radius 1 is 1.24 bits per heavy atom. The van der Waals surface area contributed by atoms with Crippen molar-refractivity contribution in [3.8, 4) is 23.5 Å². The minimum atomic E-state index is -0.382. The van der Waals surface area contributed by atoms with E-state index in [0.717, 1.165) is 24.2 Å². The summed E-state index contributed by atoms with van der Waals surface area (Å²) in [5.41, 5.74) is 2.47. The van der Waals surface area contributed by atoms with Gasteiger partial charge in [-0.25, -0.2) is 4.98 Å². The first-order valence-electron chi connectivity index (χ1n) is 10.9. The highest BCUT2D eigenvalue weighted by Gasteiger charge is 2.25. The molecule has 4 aromatic rings. The second kappa shape index (κ2) is 8.78. The summed E-state index contributed by atoms with van der Waals surface area (Å²) in [6, 6.07) is 15.0. The zero-order valence-electron chi connectivity index (χ0n) is 18.8. The van der Waals surface area contributed by atoms with Gasteiger partial charge in [-0.1, -0.05) is 18.2 Å². The van der Waals surface area contributed by atoms with E-state index in [1.807, 2.05) is 24.3 Å². The summed E-state index contributed by atoms with van der Waals surface area (Å²) in [5, 5.41) is 24.7. The van der Waals surface area contributed by atoms with E-state index >= 15 is 0 Å². The molecule has 170 valence electrons. The van der Waals surface area contributed by atoms with Gasteiger partial charge in [-0.15, -0.1) is 15.3 Å². The summed E-state index contributed by atoms with van der Waals surface area (Å²) < 4.78 is 9.05. The van der Waals surface area contributed by atoms with Crippen LogP contribution in [0.2, 0.25) is 0 Å². The topological polar surface area (TPSA) is 124 Å². The van der Waals surface area contributed by atoms with E-state index in [4.69, 9.17) is 10.00 Å². The zero-order valence-corrected chi connectivity index (χ0v) is 18.8. The molecule has 34 heavy (non-hydrogen) atoms. The Bertz CT molecular complexity index is 1400. The highest BCUT2D eigenvalue weighted by molar-refractivity contribution is 6.05. The monoisotopic (exact) mass is 454 g/mol. The first kappa shape index (κ1) is 21.3. The van der Waals surface area contributed by atoms with Gasteiger partial charge in [0.15, 0.2) is 5.82 Å². The minimum Gasteiger partial charge on any atom is -0.479 e. The highest BCUT2D eigenvalue weighted by Crippen LogP contribution is 2.30. The van der Waals surface area contributed by atoms with Crippen molar-refractivity contribution in [2.45, 2.75) is 32.4 Å². The molecule has 1 aromatic carbocycles. The number of nitrogens with one attached hydrogen (secondary N) is 1. The molecule has 0 aliphatic carbocycles. The molecule has 0 spiro atoms. The molecule has 1 aliphatic heterocycles. The van der Waals surface area contributed by atoms with Crippen molar-refractivity contribution >= 4 is 11.7 Å². The summed E-state index contributed by atoms with van der Waals surface area (Å²) in [4.78, 5) is 17.6. The Morgan fingerprint density at radius 2 is 2.06 bits per heavy atom. The van der Waals surface area contributed by atoms with Crippen LogP contribution in [0.15, 0.2) is 48.7 Å². The first-order valence-corrected chi connectivity index (χ1v) is 10.9. The number of benzene rings is 1. The number of hydrogen-bond acceptors (Lipinski definition) is 7. The number of amides is 1. The van der Waals surface area contributed by atoms with E-state index in [1.165, 1.54) is 7.11 Å². The molecule has 5 rings (SSSR count). The summed E-state index contributed by atoms with van der Waals surface area (Å²) in [5.74, 6) is 1.88. The number of carbonyl (C=O) groups is 1. The summed E-state index contributed by atoms with van der Waals surface area (Å²) >= 11 is 0. The van der Waals surface area contributed by atoms with Gasteiger partial charge in [-0.3, -0.25) is 9.48 Å². The molecule has 1 amide bonds. The van der Waals surface area contributed by atoms with Gasteiger partial charge in [0.2, 0.25) is 5.88 Å². The quantitative estimate of drug-likeness (QED) is 0.474. The van der Waals surface area contributed by atoms with Crippen molar-refractivity contribution in [2.24, 2.45) is 0 Å². The fraction of sp³-hybridized carbons (Fsp3) is 0.250. The van der Waals surface area contributed by atoms with Crippen LogP contribution in [-0.4, -0.2) is 42.5 Å². The molecule has 4 heterocycles. The average Bonchev–Trinajstić information content (AvgIpc) is 3.56. The van der Waals surface area contributed by atoms with Crippen LogP contribution in [0, 0.1) is 11.3 Å². The number of nitriles is 1. The molecule has 1 N–H and O–H groups in total. The van der Waals surface area contributed by atoms with E-state index < -0.39 is 0 Å². The van der Waals surface area contributed by atoms with Gasteiger partial charge in [0.05, 0.1) is 25.3 Å². The van der Waals surface area contributed by atoms with E-state index in [9.17, 15) is 4.79 Å². The third kappa shape index (κ3) is 3.99. The van der Waals surface area contributed by atoms with E-state index in [2.05, 4.69) is 43.2 Å². The molecule has 0 fully saturated rings. The number of methoxy groups -OCH3 is 1. The van der Waals surface area contributed by atoms with Crippen molar-refractivity contribution in [2.75, 3.05) is 12.4 Å². The molecular formula is C24H22N8O2. The van der Waals surface area contributed by atoms with Crippen LogP contribution in [0.25, 0.3) is 11.5 Å². The van der Waals surface area contributed by atoms with Gasteiger partial charge >= 0.3 is 0 Å². The van der Waals surface area contributed by atoms with Gasteiger partial charge < -0.3 is 14.6 Å². The van der Waals surface area contributed by atoms with Gasteiger partial charge in [0, 0.05) is 18.7 Å². The van der Waals surface area contributed by atoms with Crippen molar-refractivity contribution in [3.63, 3.8) is 0 Å². The van der Waals surface area contributed by atoms with E-state index in [-0.39, 0.29) is 11.8 Å². The van der Waals surface area contributed by atoms with Gasteiger partial charge in [0.25, 0.3) is 5.91 Å². The molecule has 0 radical (unpaired) electrons. The molecule has 10 nitrogen and oxygen atoms in total. The molecular weight excluding hydrogens is 432 g/mol. The SMILES string of the molecule is COc1nn(Cc2ccc(C#N)cc2)cc1C(=O)Nc1cccc(-c2nnc3n2[C@@H](C)CC3)n1. The summed E-state index contributed by atoms with van der Waals surface area (Å²) in [6.45, 7) is 2.57. The van der Waals surface area contributed by atoms with Gasteiger partial charge in [0.1, 0.15) is 22.9 Å². The normalized spacial score (nSPS) is 14.4. The number of aromatic nitrogens is 6. The molecule has 0 bridgehead atoms. The fourth-order valence-electron chi connectivity index (χ4n) is 4.07. The largest absolute Gasteiger partial charge is 0.479 e. The van der Waals surface area contributed by atoms with E-state index in [0.29, 0.717) is 41.0 Å². The second-order valence-electron chi connectivity index (χ2n) is 8.12. The number of hydrogen-bond donors (Lipinski definition) is 1. The van der Waals surface area contributed by atoms with Gasteiger partial charge in [-0.2, -0.15) is 5.26 Å². The minimum absolute atomic E-state index is 0.214. The van der Waals surface area contributed by atoms with Crippen LogP contribution < -0.4 is 10.1 Å². The Labute approximate surface area is 195 Å². The Balaban J connectivity index is 1.35. The van der Waals surface area contributed by atoms with Gasteiger partial charge in [-0.05, 0) is 43.2 Å². The maximum atomic E-state index is 13.0. The number of carbonyl (C=O) groups excluding carboxylic acids is 1. The molecule has 10 heteroatoms. The third-order valence-electron chi connectivity index (χ3n) is 5.81. The molecule has 1 aliphatic rings. The lowest BCUT2D eigenvalue weighted by Gasteiger charge is -2.10. The van der Waals surface area contributed by atoms with Crippen LogP contribution in [0.5, 0.6) is 5.88 Å².